The summed E-state index contributed by atoms with van der Waals surface area (Å²) in [6.45, 7) is 4.17. The minimum Gasteiger partial charge on any atom is -0.493 e. The van der Waals surface area contributed by atoms with Crippen LogP contribution in [0, 0.1) is 12.7 Å². The van der Waals surface area contributed by atoms with Gasteiger partial charge in [-0.1, -0.05) is 0 Å². The number of amides is 1. The molecule has 2 N–H and O–H groups in total. The fraction of sp³-hybridized carbons (Fsp3) is 0.150. The van der Waals surface area contributed by atoms with Crippen LogP contribution in [0.5, 0.6) is 5.88 Å². The van der Waals surface area contributed by atoms with Gasteiger partial charge in [-0.05, 0) is 44.2 Å². The molecule has 0 saturated heterocycles. The van der Waals surface area contributed by atoms with Crippen molar-refractivity contribution in [1.82, 2.24) is 14.5 Å². The molecule has 8 nitrogen and oxygen atoms in total. The number of carbonyl (C=O) groups excluding carboxylic acids is 1. The van der Waals surface area contributed by atoms with Crippen molar-refractivity contribution >= 4 is 33.5 Å². The van der Waals surface area contributed by atoms with E-state index in [0.717, 1.165) is 5.69 Å². The third-order valence-electron chi connectivity index (χ3n) is 4.59. The lowest BCUT2D eigenvalue weighted by Gasteiger charge is -2.09. The first-order valence-electron chi connectivity index (χ1n) is 8.86. The zero-order valence-corrected chi connectivity index (χ0v) is 15.6. The number of carbonyl (C=O) groups is 1. The third kappa shape index (κ3) is 3.16. The van der Waals surface area contributed by atoms with Gasteiger partial charge in [-0.25, -0.2) is 9.37 Å². The van der Waals surface area contributed by atoms with Gasteiger partial charge in [0, 0.05) is 23.8 Å². The Bertz CT molecular complexity index is 1370. The van der Waals surface area contributed by atoms with Gasteiger partial charge >= 0.3 is 5.91 Å². The molecule has 4 aromatic rings. The Balaban J connectivity index is 1.80. The number of hydrogen-bond donors (Lipinski definition) is 2. The van der Waals surface area contributed by atoms with Crippen molar-refractivity contribution in [2.75, 3.05) is 0 Å². The number of rotatable bonds is 3. The average Bonchev–Trinajstić information content (AvgIpc) is 3.00. The van der Waals surface area contributed by atoms with E-state index in [1.54, 1.807) is 16.7 Å². The summed E-state index contributed by atoms with van der Waals surface area (Å²) >= 11 is 0. The first-order chi connectivity index (χ1) is 13.9. The number of nitrogens with one attached hydrogen (secondary N) is 1. The molecule has 3 heterocycles. The second kappa shape index (κ2) is 6.93. The number of halogens is 1. The maximum atomic E-state index is 13.5. The van der Waals surface area contributed by atoms with Crippen molar-refractivity contribution in [3.63, 3.8) is 0 Å². The Morgan fingerprint density at radius 1 is 1.28 bits per heavy atom. The van der Waals surface area contributed by atoms with E-state index in [1.165, 1.54) is 24.4 Å². The Hall–Kier alpha value is -3.88. The molecular formula is C20H16FN5O3. The molecule has 9 heteroatoms. The van der Waals surface area contributed by atoms with E-state index in [9.17, 15) is 19.1 Å². The monoisotopic (exact) mass is 393 g/mol. The van der Waals surface area contributed by atoms with Crippen LogP contribution in [0.4, 0.5) is 10.1 Å². The zero-order chi connectivity index (χ0) is 20.7. The van der Waals surface area contributed by atoms with Crippen molar-refractivity contribution in [3.05, 3.63) is 63.8 Å². The smallest absolute Gasteiger partial charge is 0.300 e. The summed E-state index contributed by atoms with van der Waals surface area (Å²) in [5.41, 5.74) is 0.915. The molecule has 0 aliphatic carbocycles. The summed E-state index contributed by atoms with van der Waals surface area (Å²) < 4.78 is 15.2. The molecule has 0 fully saturated rings. The van der Waals surface area contributed by atoms with Crippen LogP contribution in [-0.2, 0) is 6.54 Å². The molecular weight excluding hydrogens is 377 g/mol. The van der Waals surface area contributed by atoms with Crippen LogP contribution in [0.3, 0.4) is 0 Å². The molecule has 0 aliphatic rings. The fourth-order valence-corrected chi connectivity index (χ4v) is 3.14. The van der Waals surface area contributed by atoms with E-state index < -0.39 is 17.2 Å². The Morgan fingerprint density at radius 2 is 2.07 bits per heavy atom. The van der Waals surface area contributed by atoms with Crippen LogP contribution in [-0.4, -0.2) is 25.5 Å². The van der Waals surface area contributed by atoms with Crippen LogP contribution in [0.2, 0.25) is 0 Å². The lowest BCUT2D eigenvalue weighted by atomic mass is 10.1. The average molecular weight is 393 g/mol. The number of azo groups is 1. The van der Waals surface area contributed by atoms with Crippen molar-refractivity contribution in [2.45, 2.75) is 20.4 Å². The van der Waals surface area contributed by atoms with Gasteiger partial charge in [-0.2, -0.15) is 0 Å². The lowest BCUT2D eigenvalue weighted by Crippen LogP contribution is -2.18. The third-order valence-corrected chi connectivity index (χ3v) is 4.59. The molecule has 29 heavy (non-hydrogen) atoms. The Labute approximate surface area is 163 Å². The van der Waals surface area contributed by atoms with E-state index in [1.807, 2.05) is 13.8 Å². The maximum Gasteiger partial charge on any atom is 0.300 e. The molecule has 0 unspecified atom stereocenters. The number of aromatic nitrogens is 3. The number of benzene rings is 1. The number of aryl methyl sites for hydroxylation is 2. The summed E-state index contributed by atoms with van der Waals surface area (Å²) in [7, 11) is 0. The zero-order valence-electron chi connectivity index (χ0n) is 15.6. The largest absolute Gasteiger partial charge is 0.493 e. The SMILES string of the molecule is CCn1cc(C(=O)N=Nc2c(O)[nH]c3ccc(F)cc23)c(=O)c2ccc(C)nc21. The highest BCUT2D eigenvalue weighted by Crippen LogP contribution is 2.35. The molecule has 1 amide bonds. The molecule has 0 aliphatic heterocycles. The van der Waals surface area contributed by atoms with Crippen molar-refractivity contribution < 1.29 is 14.3 Å². The number of fused-ring (bicyclic) bond motifs is 2. The summed E-state index contributed by atoms with van der Waals surface area (Å²) in [6, 6.07) is 7.14. The van der Waals surface area contributed by atoms with E-state index in [2.05, 4.69) is 20.2 Å². The molecule has 0 saturated carbocycles. The Kier molecular flexibility index (Phi) is 4.42. The standard InChI is InChI=1S/C20H16FN5O3/c1-3-26-9-14(17(27)12-6-4-10(2)22-18(12)26)19(28)25-24-16-13-8-11(21)5-7-15(13)23-20(16)29/h4-9,23,29H,3H2,1-2H3. The van der Waals surface area contributed by atoms with Gasteiger partial charge in [-0.15, -0.1) is 10.2 Å². The Morgan fingerprint density at radius 3 is 2.83 bits per heavy atom. The number of pyridine rings is 2. The van der Waals surface area contributed by atoms with Gasteiger partial charge < -0.3 is 14.7 Å². The first-order valence-corrected chi connectivity index (χ1v) is 8.86. The second-order valence-corrected chi connectivity index (χ2v) is 6.50. The summed E-state index contributed by atoms with van der Waals surface area (Å²) in [4.78, 5) is 32.3. The molecule has 0 radical (unpaired) electrons. The summed E-state index contributed by atoms with van der Waals surface area (Å²) in [5.74, 6) is -1.75. The normalized spacial score (nSPS) is 11.7. The van der Waals surface area contributed by atoms with E-state index in [-0.39, 0.29) is 22.5 Å². The summed E-state index contributed by atoms with van der Waals surface area (Å²) in [6.07, 6.45) is 1.40. The number of nitrogens with zero attached hydrogens (tertiary/aromatic N) is 4. The van der Waals surface area contributed by atoms with Crippen LogP contribution in [0.15, 0.2) is 51.6 Å². The fourth-order valence-electron chi connectivity index (χ4n) is 3.14. The lowest BCUT2D eigenvalue weighted by molar-refractivity contribution is 0.0993. The highest BCUT2D eigenvalue weighted by molar-refractivity contribution is 5.98. The van der Waals surface area contributed by atoms with Gasteiger partial charge in [0.25, 0.3) is 0 Å². The van der Waals surface area contributed by atoms with Gasteiger partial charge in [0.2, 0.25) is 11.3 Å². The molecule has 1 aromatic carbocycles. The van der Waals surface area contributed by atoms with E-state index >= 15 is 0 Å². The highest BCUT2D eigenvalue weighted by atomic mass is 19.1. The quantitative estimate of drug-likeness (QED) is 0.513. The molecule has 0 atom stereocenters. The predicted molar refractivity (Wildman–Crippen MR) is 105 cm³/mol. The van der Waals surface area contributed by atoms with Gasteiger partial charge in [-0.3, -0.25) is 9.59 Å². The molecule has 3 aromatic heterocycles. The van der Waals surface area contributed by atoms with Crippen molar-refractivity contribution in [2.24, 2.45) is 10.2 Å². The van der Waals surface area contributed by atoms with Crippen LogP contribution in [0.25, 0.3) is 21.9 Å². The minimum absolute atomic E-state index is 0.0817. The maximum absolute atomic E-state index is 13.5. The molecule has 0 spiro atoms. The van der Waals surface area contributed by atoms with Crippen LogP contribution < -0.4 is 5.43 Å². The first kappa shape index (κ1) is 18.5. The van der Waals surface area contributed by atoms with Crippen molar-refractivity contribution in [3.8, 4) is 5.88 Å². The van der Waals surface area contributed by atoms with Crippen LogP contribution >= 0.6 is 0 Å². The molecule has 0 bridgehead atoms. The topological polar surface area (TPSA) is 113 Å². The molecule has 4 rings (SSSR count). The molecule has 146 valence electrons. The summed E-state index contributed by atoms with van der Waals surface area (Å²) in [5, 5.41) is 17.9. The van der Waals surface area contributed by atoms with E-state index in [4.69, 9.17) is 0 Å². The number of hydrogen-bond acceptors (Lipinski definition) is 5. The van der Waals surface area contributed by atoms with Gasteiger partial charge in [0.15, 0.2) is 5.69 Å². The van der Waals surface area contributed by atoms with E-state index in [0.29, 0.717) is 23.1 Å². The highest BCUT2D eigenvalue weighted by Gasteiger charge is 2.17. The number of H-pyrrole nitrogens is 1. The van der Waals surface area contributed by atoms with Gasteiger partial charge in [0.1, 0.15) is 17.0 Å². The second-order valence-electron chi connectivity index (χ2n) is 6.50. The predicted octanol–water partition coefficient (Wildman–Crippen LogP) is 3.97. The number of aromatic amines is 1. The number of aromatic hydroxyl groups is 1. The van der Waals surface area contributed by atoms with Crippen LogP contribution in [0.1, 0.15) is 23.0 Å². The minimum atomic E-state index is -0.871. The van der Waals surface area contributed by atoms with Gasteiger partial charge in [0.05, 0.1) is 10.9 Å². The van der Waals surface area contributed by atoms with Crippen molar-refractivity contribution in [1.29, 1.82) is 0 Å².